The molecule has 2 aromatic carbocycles. The summed E-state index contributed by atoms with van der Waals surface area (Å²) in [5.41, 5.74) is 6.73. The first-order valence-electron chi connectivity index (χ1n) is 7.59. The van der Waals surface area contributed by atoms with E-state index in [1.54, 1.807) is 18.2 Å². The topological polar surface area (TPSA) is 63.4 Å². The van der Waals surface area contributed by atoms with Crippen molar-refractivity contribution in [2.24, 2.45) is 5.73 Å². The average molecular weight is 326 g/mol. The van der Waals surface area contributed by atoms with Crippen molar-refractivity contribution < 1.29 is 14.0 Å². The maximum atomic E-state index is 13.2. The molecule has 2 amide bonds. The fourth-order valence-electron chi connectivity index (χ4n) is 2.20. The van der Waals surface area contributed by atoms with Crippen LogP contribution in [0.1, 0.15) is 17.5 Å². The molecule has 5 heteroatoms. The lowest BCUT2D eigenvalue weighted by Gasteiger charge is -2.20. The molecule has 0 spiro atoms. The van der Waals surface area contributed by atoms with E-state index in [1.807, 2.05) is 30.3 Å². The predicted octanol–water partition coefficient (Wildman–Crippen LogP) is 2.74. The van der Waals surface area contributed by atoms with Crippen molar-refractivity contribution in [3.63, 3.8) is 0 Å². The fourth-order valence-corrected chi connectivity index (χ4v) is 2.20. The molecule has 0 aliphatic rings. The van der Waals surface area contributed by atoms with E-state index in [1.165, 1.54) is 23.1 Å². The molecule has 0 aliphatic carbocycles. The first-order valence-corrected chi connectivity index (χ1v) is 7.59. The van der Waals surface area contributed by atoms with Gasteiger partial charge in [-0.05, 0) is 29.3 Å². The van der Waals surface area contributed by atoms with Crippen LogP contribution in [0, 0.1) is 5.82 Å². The van der Waals surface area contributed by atoms with Crippen LogP contribution in [0.3, 0.4) is 0 Å². The molecule has 2 N–H and O–H groups in total. The average Bonchev–Trinajstić information content (AvgIpc) is 2.57. The van der Waals surface area contributed by atoms with Crippen molar-refractivity contribution >= 4 is 17.9 Å². The Bertz CT molecular complexity index is 729. The van der Waals surface area contributed by atoms with Crippen molar-refractivity contribution in [3.8, 4) is 0 Å². The number of rotatable bonds is 7. The molecule has 4 nitrogen and oxygen atoms in total. The van der Waals surface area contributed by atoms with Gasteiger partial charge < -0.3 is 10.6 Å². The molecule has 2 aromatic rings. The maximum Gasteiger partial charge on any atom is 0.246 e. The molecular weight excluding hydrogens is 307 g/mol. The smallest absolute Gasteiger partial charge is 0.246 e. The van der Waals surface area contributed by atoms with Crippen molar-refractivity contribution in [2.45, 2.75) is 13.0 Å². The fraction of sp³-hybridized carbons (Fsp3) is 0.158. The zero-order chi connectivity index (χ0) is 17.4. The number of hydrogen-bond donors (Lipinski definition) is 1. The summed E-state index contributed by atoms with van der Waals surface area (Å²) in [4.78, 5) is 25.0. The number of nitrogens with zero attached hydrogens (tertiary/aromatic N) is 1. The number of hydrogen-bond acceptors (Lipinski definition) is 2. The van der Waals surface area contributed by atoms with Crippen LogP contribution in [0.2, 0.25) is 0 Å². The first kappa shape index (κ1) is 17.4. The number of benzene rings is 2. The van der Waals surface area contributed by atoms with Crippen molar-refractivity contribution in [1.29, 1.82) is 0 Å². The van der Waals surface area contributed by atoms with Gasteiger partial charge in [-0.2, -0.15) is 0 Å². The van der Waals surface area contributed by atoms with Crippen LogP contribution >= 0.6 is 0 Å². The van der Waals surface area contributed by atoms with Gasteiger partial charge in [-0.15, -0.1) is 0 Å². The highest BCUT2D eigenvalue weighted by atomic mass is 19.1. The number of carbonyl (C=O) groups is 2. The van der Waals surface area contributed by atoms with Gasteiger partial charge in [0.15, 0.2) is 0 Å². The van der Waals surface area contributed by atoms with Gasteiger partial charge in [0.05, 0.1) is 0 Å². The summed E-state index contributed by atoms with van der Waals surface area (Å²) in [7, 11) is 0. The predicted molar refractivity (Wildman–Crippen MR) is 91.1 cm³/mol. The quantitative estimate of drug-likeness (QED) is 0.795. The molecule has 0 heterocycles. The minimum Gasteiger partial charge on any atom is -0.370 e. The molecule has 0 aromatic heterocycles. The summed E-state index contributed by atoms with van der Waals surface area (Å²) < 4.78 is 13.2. The van der Waals surface area contributed by atoms with E-state index < -0.39 is 5.91 Å². The summed E-state index contributed by atoms with van der Waals surface area (Å²) in [6.45, 7) is 0.608. The number of halogens is 1. The van der Waals surface area contributed by atoms with Crippen LogP contribution < -0.4 is 5.73 Å². The third-order valence-electron chi connectivity index (χ3n) is 3.42. The lowest BCUT2D eigenvalue weighted by Crippen LogP contribution is -2.32. The Kier molecular flexibility index (Phi) is 6.25. The van der Waals surface area contributed by atoms with Gasteiger partial charge in [-0.1, -0.05) is 42.5 Å². The molecule has 0 saturated carbocycles. The molecular formula is C19H19FN2O2. The summed E-state index contributed by atoms with van der Waals surface area (Å²) in [6.07, 6.45) is 3.01. The van der Waals surface area contributed by atoms with Gasteiger partial charge in [-0.3, -0.25) is 9.59 Å². The zero-order valence-corrected chi connectivity index (χ0v) is 13.2. The number of primary amides is 1. The van der Waals surface area contributed by atoms with E-state index in [0.29, 0.717) is 12.1 Å². The summed E-state index contributed by atoms with van der Waals surface area (Å²) >= 11 is 0. The number of nitrogens with two attached hydrogens (primary N) is 1. The Morgan fingerprint density at radius 2 is 1.83 bits per heavy atom. The monoisotopic (exact) mass is 326 g/mol. The van der Waals surface area contributed by atoms with E-state index in [9.17, 15) is 14.0 Å². The van der Waals surface area contributed by atoms with Gasteiger partial charge in [0.1, 0.15) is 5.82 Å². The second-order valence-electron chi connectivity index (χ2n) is 5.35. The molecule has 0 fully saturated rings. The van der Waals surface area contributed by atoms with E-state index in [0.717, 1.165) is 5.56 Å². The van der Waals surface area contributed by atoms with Gasteiger partial charge in [0.2, 0.25) is 11.8 Å². The van der Waals surface area contributed by atoms with E-state index in [2.05, 4.69) is 0 Å². The number of carbonyl (C=O) groups excluding carboxylic acids is 2. The van der Waals surface area contributed by atoms with E-state index in [-0.39, 0.29) is 24.7 Å². The normalized spacial score (nSPS) is 10.7. The second kappa shape index (κ2) is 8.62. The lowest BCUT2D eigenvalue weighted by atomic mass is 10.2. The van der Waals surface area contributed by atoms with Crippen LogP contribution in [0.25, 0.3) is 6.08 Å². The highest BCUT2D eigenvalue weighted by Crippen LogP contribution is 2.09. The number of amides is 2. The SMILES string of the molecule is NC(=O)CCN(Cc1ccccc1)C(=O)C=Cc1cccc(F)c1. The van der Waals surface area contributed by atoms with Gasteiger partial charge >= 0.3 is 0 Å². The molecule has 24 heavy (non-hydrogen) atoms. The van der Waals surface area contributed by atoms with Crippen LogP contribution in [0.15, 0.2) is 60.7 Å². The Balaban J connectivity index is 2.09. The minimum atomic E-state index is -0.463. The third kappa shape index (κ3) is 5.68. The molecule has 0 atom stereocenters. The molecule has 0 saturated heterocycles. The Hall–Kier alpha value is -2.95. The lowest BCUT2D eigenvalue weighted by molar-refractivity contribution is -0.127. The van der Waals surface area contributed by atoms with Crippen molar-refractivity contribution in [1.82, 2.24) is 4.90 Å². The summed E-state index contributed by atoms with van der Waals surface area (Å²) in [5.74, 6) is -1.08. The van der Waals surface area contributed by atoms with Gasteiger partial charge in [0, 0.05) is 25.6 Å². The molecule has 2 rings (SSSR count). The standard InChI is InChI=1S/C19H19FN2O2/c20-17-8-4-7-15(13-17)9-10-19(24)22(12-11-18(21)23)14-16-5-2-1-3-6-16/h1-10,13H,11-12,14H2,(H2,21,23). The van der Waals surface area contributed by atoms with Crippen molar-refractivity contribution in [2.75, 3.05) is 6.54 Å². The van der Waals surface area contributed by atoms with Crippen LogP contribution in [0.5, 0.6) is 0 Å². The van der Waals surface area contributed by atoms with Crippen LogP contribution in [0.4, 0.5) is 4.39 Å². The van der Waals surface area contributed by atoms with Gasteiger partial charge in [-0.25, -0.2) is 4.39 Å². The minimum absolute atomic E-state index is 0.0897. The highest BCUT2D eigenvalue weighted by molar-refractivity contribution is 5.92. The highest BCUT2D eigenvalue weighted by Gasteiger charge is 2.12. The Labute approximate surface area is 140 Å². The molecule has 0 unspecified atom stereocenters. The molecule has 124 valence electrons. The van der Waals surface area contributed by atoms with E-state index in [4.69, 9.17) is 5.73 Å². The first-order chi connectivity index (χ1) is 11.5. The molecule has 0 radical (unpaired) electrons. The van der Waals surface area contributed by atoms with E-state index >= 15 is 0 Å². The van der Waals surface area contributed by atoms with Crippen LogP contribution in [-0.4, -0.2) is 23.3 Å². The maximum absolute atomic E-state index is 13.2. The molecule has 0 aliphatic heterocycles. The summed E-state index contributed by atoms with van der Waals surface area (Å²) in [6, 6.07) is 15.4. The summed E-state index contributed by atoms with van der Waals surface area (Å²) in [5, 5.41) is 0. The van der Waals surface area contributed by atoms with Crippen molar-refractivity contribution in [3.05, 3.63) is 77.6 Å². The largest absolute Gasteiger partial charge is 0.370 e. The molecule has 0 bridgehead atoms. The third-order valence-corrected chi connectivity index (χ3v) is 3.42. The van der Waals surface area contributed by atoms with Gasteiger partial charge in [0.25, 0.3) is 0 Å². The second-order valence-corrected chi connectivity index (χ2v) is 5.35. The van der Waals surface area contributed by atoms with Crippen LogP contribution in [-0.2, 0) is 16.1 Å². The Morgan fingerprint density at radius 3 is 2.50 bits per heavy atom. The zero-order valence-electron chi connectivity index (χ0n) is 13.2. The Morgan fingerprint density at radius 1 is 1.08 bits per heavy atom.